The van der Waals surface area contributed by atoms with Crippen LogP contribution in [-0.2, 0) is 13.0 Å². The number of hydrogen-bond acceptors (Lipinski definition) is 4. The van der Waals surface area contributed by atoms with Gasteiger partial charge in [-0.1, -0.05) is 79.7 Å². The van der Waals surface area contributed by atoms with Crippen molar-refractivity contribution in [2.24, 2.45) is 0 Å². The van der Waals surface area contributed by atoms with Crippen molar-refractivity contribution in [3.63, 3.8) is 0 Å². The Labute approximate surface area is 158 Å². The van der Waals surface area contributed by atoms with E-state index in [1.807, 2.05) is 49.4 Å². The molecule has 0 aliphatic heterocycles. The molecule has 2 aromatic carbocycles. The Morgan fingerprint density at radius 2 is 1.73 bits per heavy atom. The van der Waals surface area contributed by atoms with Gasteiger partial charge in [-0.2, -0.15) is 0 Å². The summed E-state index contributed by atoms with van der Waals surface area (Å²) < 4.78 is 2.05. The quantitative estimate of drug-likeness (QED) is 0.434. The SMILES string of the molecule is CCCc1ccc(C(=O)CSc2nnc(C)n2Cc2ccccc2)cc1. The standard InChI is InChI=1S/C21H23N3OS/c1-3-7-17-10-12-19(13-11-17)20(25)15-26-21-23-22-16(2)24(21)14-18-8-5-4-6-9-18/h4-6,8-13H,3,7,14-15H2,1-2H3. The van der Waals surface area contributed by atoms with Crippen molar-refractivity contribution < 1.29 is 4.79 Å². The van der Waals surface area contributed by atoms with Gasteiger partial charge >= 0.3 is 0 Å². The van der Waals surface area contributed by atoms with Gasteiger partial charge in [-0.3, -0.25) is 4.79 Å². The Kier molecular flexibility index (Phi) is 6.23. The Balaban J connectivity index is 1.65. The number of rotatable bonds is 8. The van der Waals surface area contributed by atoms with Crippen LogP contribution < -0.4 is 0 Å². The van der Waals surface area contributed by atoms with Crippen LogP contribution in [0.5, 0.6) is 0 Å². The molecule has 0 unspecified atom stereocenters. The number of thioether (sulfide) groups is 1. The van der Waals surface area contributed by atoms with E-state index in [1.165, 1.54) is 22.9 Å². The van der Waals surface area contributed by atoms with Crippen LogP contribution in [0.15, 0.2) is 59.8 Å². The van der Waals surface area contributed by atoms with Crippen LogP contribution in [0.3, 0.4) is 0 Å². The summed E-state index contributed by atoms with van der Waals surface area (Å²) in [6.45, 7) is 4.81. The van der Waals surface area contributed by atoms with E-state index in [1.54, 1.807) is 0 Å². The number of aryl methyl sites for hydroxylation is 2. The minimum Gasteiger partial charge on any atom is -0.302 e. The third kappa shape index (κ3) is 4.61. The number of nitrogens with zero attached hydrogens (tertiary/aromatic N) is 3. The summed E-state index contributed by atoms with van der Waals surface area (Å²) in [6, 6.07) is 18.1. The predicted molar refractivity (Wildman–Crippen MR) is 106 cm³/mol. The second kappa shape index (κ2) is 8.81. The number of aromatic nitrogens is 3. The van der Waals surface area contributed by atoms with Crippen LogP contribution in [0.25, 0.3) is 0 Å². The van der Waals surface area contributed by atoms with E-state index in [0.29, 0.717) is 12.3 Å². The van der Waals surface area contributed by atoms with Crippen molar-refractivity contribution >= 4 is 17.5 Å². The van der Waals surface area contributed by atoms with Gasteiger partial charge in [0.15, 0.2) is 10.9 Å². The van der Waals surface area contributed by atoms with Crippen molar-refractivity contribution in [3.05, 3.63) is 77.1 Å². The Morgan fingerprint density at radius 1 is 1.00 bits per heavy atom. The van der Waals surface area contributed by atoms with Crippen LogP contribution in [0.1, 0.15) is 40.7 Å². The van der Waals surface area contributed by atoms with E-state index in [-0.39, 0.29) is 5.78 Å². The third-order valence-corrected chi connectivity index (χ3v) is 5.20. The molecule has 0 saturated carbocycles. The van der Waals surface area contributed by atoms with Crippen molar-refractivity contribution in [1.29, 1.82) is 0 Å². The van der Waals surface area contributed by atoms with E-state index >= 15 is 0 Å². The van der Waals surface area contributed by atoms with E-state index in [2.05, 4.69) is 33.8 Å². The molecule has 1 aromatic heterocycles. The molecule has 26 heavy (non-hydrogen) atoms. The van der Waals surface area contributed by atoms with Crippen LogP contribution in [0, 0.1) is 6.92 Å². The van der Waals surface area contributed by atoms with Gasteiger partial charge in [-0.15, -0.1) is 10.2 Å². The first-order valence-electron chi connectivity index (χ1n) is 8.86. The molecule has 0 bridgehead atoms. The predicted octanol–water partition coefficient (Wildman–Crippen LogP) is 4.56. The molecule has 1 heterocycles. The summed E-state index contributed by atoms with van der Waals surface area (Å²) >= 11 is 1.44. The zero-order valence-corrected chi connectivity index (χ0v) is 16.0. The summed E-state index contributed by atoms with van der Waals surface area (Å²) in [5.41, 5.74) is 3.22. The zero-order chi connectivity index (χ0) is 18.4. The zero-order valence-electron chi connectivity index (χ0n) is 15.2. The number of hydrogen-bond donors (Lipinski definition) is 0. The van der Waals surface area contributed by atoms with Gasteiger partial charge in [0.05, 0.1) is 12.3 Å². The number of Topliss-reactive ketones (excluding diaryl/α,β-unsaturated/α-hetero) is 1. The first-order valence-corrected chi connectivity index (χ1v) is 9.84. The Hall–Kier alpha value is -2.40. The van der Waals surface area contributed by atoms with Crippen LogP contribution in [-0.4, -0.2) is 26.3 Å². The number of benzene rings is 2. The van der Waals surface area contributed by atoms with Crippen molar-refractivity contribution in [3.8, 4) is 0 Å². The van der Waals surface area contributed by atoms with Gasteiger partial charge in [0.25, 0.3) is 0 Å². The molecular weight excluding hydrogens is 342 g/mol. The molecule has 0 radical (unpaired) electrons. The second-order valence-corrected chi connectivity index (χ2v) is 7.20. The maximum absolute atomic E-state index is 12.5. The van der Waals surface area contributed by atoms with Gasteiger partial charge in [-0.25, -0.2) is 0 Å². The molecule has 3 rings (SSSR count). The number of carbonyl (C=O) groups excluding carboxylic acids is 1. The fourth-order valence-corrected chi connectivity index (χ4v) is 3.65. The number of carbonyl (C=O) groups is 1. The highest BCUT2D eigenvalue weighted by atomic mass is 32.2. The molecule has 0 aliphatic rings. The first kappa shape index (κ1) is 18.4. The molecule has 0 spiro atoms. The van der Waals surface area contributed by atoms with E-state index < -0.39 is 0 Å². The molecule has 0 fully saturated rings. The van der Waals surface area contributed by atoms with Crippen molar-refractivity contribution in [2.45, 2.75) is 38.4 Å². The minimum absolute atomic E-state index is 0.116. The highest BCUT2D eigenvalue weighted by molar-refractivity contribution is 7.99. The smallest absolute Gasteiger partial charge is 0.191 e. The lowest BCUT2D eigenvalue weighted by molar-refractivity contribution is 0.102. The van der Waals surface area contributed by atoms with Crippen LogP contribution >= 0.6 is 11.8 Å². The highest BCUT2D eigenvalue weighted by Gasteiger charge is 2.13. The van der Waals surface area contributed by atoms with Gasteiger partial charge < -0.3 is 4.57 Å². The molecule has 4 nitrogen and oxygen atoms in total. The molecular formula is C21H23N3OS. The van der Waals surface area contributed by atoms with E-state index in [9.17, 15) is 4.79 Å². The fraction of sp³-hybridized carbons (Fsp3) is 0.286. The van der Waals surface area contributed by atoms with E-state index in [0.717, 1.165) is 29.4 Å². The minimum atomic E-state index is 0.116. The Bertz CT molecular complexity index is 857. The summed E-state index contributed by atoms with van der Waals surface area (Å²) in [7, 11) is 0. The van der Waals surface area contributed by atoms with Crippen LogP contribution in [0.2, 0.25) is 0 Å². The van der Waals surface area contributed by atoms with Gasteiger partial charge in [-0.05, 0) is 24.5 Å². The highest BCUT2D eigenvalue weighted by Crippen LogP contribution is 2.20. The average molecular weight is 366 g/mol. The molecule has 0 aliphatic carbocycles. The van der Waals surface area contributed by atoms with Gasteiger partial charge in [0, 0.05) is 5.56 Å². The third-order valence-electron chi connectivity index (χ3n) is 4.23. The average Bonchev–Trinajstić information content (AvgIpc) is 3.01. The molecule has 0 saturated heterocycles. The van der Waals surface area contributed by atoms with Crippen molar-refractivity contribution in [1.82, 2.24) is 14.8 Å². The van der Waals surface area contributed by atoms with Crippen molar-refractivity contribution in [2.75, 3.05) is 5.75 Å². The number of ketones is 1. The monoisotopic (exact) mass is 365 g/mol. The molecule has 3 aromatic rings. The summed E-state index contributed by atoms with van der Waals surface area (Å²) in [5.74, 6) is 1.33. The maximum Gasteiger partial charge on any atom is 0.191 e. The molecule has 0 N–H and O–H groups in total. The van der Waals surface area contributed by atoms with Gasteiger partial charge in [0.1, 0.15) is 5.82 Å². The summed E-state index contributed by atoms with van der Waals surface area (Å²) in [4.78, 5) is 12.5. The lowest BCUT2D eigenvalue weighted by atomic mass is 10.1. The maximum atomic E-state index is 12.5. The molecule has 5 heteroatoms. The topological polar surface area (TPSA) is 47.8 Å². The largest absolute Gasteiger partial charge is 0.302 e. The fourth-order valence-electron chi connectivity index (χ4n) is 2.78. The molecule has 0 amide bonds. The summed E-state index contributed by atoms with van der Waals surface area (Å²) in [6.07, 6.45) is 2.16. The second-order valence-electron chi connectivity index (χ2n) is 6.26. The molecule has 0 atom stereocenters. The normalized spacial score (nSPS) is 10.8. The van der Waals surface area contributed by atoms with Crippen LogP contribution in [0.4, 0.5) is 0 Å². The van der Waals surface area contributed by atoms with E-state index in [4.69, 9.17) is 0 Å². The summed E-state index contributed by atoms with van der Waals surface area (Å²) in [5, 5.41) is 9.20. The first-order chi connectivity index (χ1) is 12.7. The lowest BCUT2D eigenvalue weighted by Gasteiger charge is -2.08. The Morgan fingerprint density at radius 3 is 2.42 bits per heavy atom. The molecule has 134 valence electrons. The van der Waals surface area contributed by atoms with Gasteiger partial charge in [0.2, 0.25) is 0 Å². The lowest BCUT2D eigenvalue weighted by Crippen LogP contribution is -2.07.